The molecule has 0 saturated heterocycles. The molecule has 0 fully saturated rings. The van der Waals surface area contributed by atoms with Crippen molar-refractivity contribution >= 4 is 27.6 Å². The minimum atomic E-state index is 0.908. The molecule has 0 bridgehead atoms. The summed E-state index contributed by atoms with van der Waals surface area (Å²) in [6.45, 7) is 4.10. The summed E-state index contributed by atoms with van der Waals surface area (Å²) in [6.07, 6.45) is 2.90. The van der Waals surface area contributed by atoms with E-state index in [0.717, 1.165) is 32.8 Å². The van der Waals surface area contributed by atoms with Crippen molar-refractivity contribution < 1.29 is 0 Å². The van der Waals surface area contributed by atoms with Crippen molar-refractivity contribution in [2.45, 2.75) is 20.3 Å². The summed E-state index contributed by atoms with van der Waals surface area (Å²) in [5.41, 5.74) is 1.85. The van der Waals surface area contributed by atoms with E-state index >= 15 is 0 Å². The van der Waals surface area contributed by atoms with Gasteiger partial charge in [0, 0.05) is 5.38 Å². The predicted octanol–water partition coefficient (Wildman–Crippen LogP) is 2.79. The van der Waals surface area contributed by atoms with Gasteiger partial charge in [0.05, 0.1) is 11.2 Å². The van der Waals surface area contributed by atoms with E-state index in [1.165, 1.54) is 0 Å². The Morgan fingerprint density at radius 3 is 2.81 bits per heavy atom. The highest BCUT2D eigenvalue weighted by Crippen LogP contribution is 2.23. The van der Waals surface area contributed by atoms with Crippen LogP contribution in [0.25, 0.3) is 16.3 Å². The standard InChI is InChI=1S/C10H10N4S2/c1-3-9-13-14-4-7(12-10(14)16-9)8-5-15-6(2)11-8/h4-5H,3H2,1-2H3. The Morgan fingerprint density at radius 2 is 2.19 bits per heavy atom. The van der Waals surface area contributed by atoms with Gasteiger partial charge >= 0.3 is 0 Å². The molecule has 0 unspecified atom stereocenters. The molecule has 0 atom stereocenters. The molecule has 0 spiro atoms. The summed E-state index contributed by atoms with van der Waals surface area (Å²) in [6, 6.07) is 0. The summed E-state index contributed by atoms with van der Waals surface area (Å²) >= 11 is 3.28. The lowest BCUT2D eigenvalue weighted by Crippen LogP contribution is -1.83. The molecule has 82 valence electrons. The maximum Gasteiger partial charge on any atom is 0.212 e. The van der Waals surface area contributed by atoms with Gasteiger partial charge in [0.1, 0.15) is 16.4 Å². The van der Waals surface area contributed by atoms with E-state index in [1.54, 1.807) is 22.7 Å². The van der Waals surface area contributed by atoms with Crippen LogP contribution in [0.5, 0.6) is 0 Å². The van der Waals surface area contributed by atoms with E-state index in [-0.39, 0.29) is 0 Å². The third kappa shape index (κ3) is 1.54. The molecular weight excluding hydrogens is 240 g/mol. The van der Waals surface area contributed by atoms with Gasteiger partial charge in [-0.3, -0.25) is 0 Å². The molecule has 6 heteroatoms. The Bertz CT molecular complexity index is 603. The normalized spacial score (nSPS) is 11.4. The quantitative estimate of drug-likeness (QED) is 0.702. The zero-order valence-corrected chi connectivity index (χ0v) is 10.6. The highest BCUT2D eigenvalue weighted by Gasteiger charge is 2.10. The molecule has 0 amide bonds. The van der Waals surface area contributed by atoms with Crippen molar-refractivity contribution in [1.29, 1.82) is 0 Å². The highest BCUT2D eigenvalue weighted by atomic mass is 32.1. The number of aromatic nitrogens is 4. The number of hydrogen-bond acceptors (Lipinski definition) is 5. The van der Waals surface area contributed by atoms with Gasteiger partial charge in [-0.05, 0) is 13.3 Å². The van der Waals surface area contributed by atoms with Gasteiger partial charge in [0.25, 0.3) is 0 Å². The molecule has 3 aromatic rings. The number of nitrogens with zero attached hydrogens (tertiary/aromatic N) is 4. The number of imidazole rings is 1. The van der Waals surface area contributed by atoms with E-state index in [1.807, 2.05) is 23.0 Å². The Hall–Kier alpha value is -1.27. The van der Waals surface area contributed by atoms with Gasteiger partial charge in [-0.2, -0.15) is 5.10 Å². The lowest BCUT2D eigenvalue weighted by molar-refractivity contribution is 0.910. The van der Waals surface area contributed by atoms with Gasteiger partial charge in [0.2, 0.25) is 4.96 Å². The Morgan fingerprint density at radius 1 is 1.31 bits per heavy atom. The molecule has 0 aromatic carbocycles. The third-order valence-electron chi connectivity index (χ3n) is 2.27. The van der Waals surface area contributed by atoms with Crippen LogP contribution in [0, 0.1) is 6.92 Å². The Balaban J connectivity index is 2.09. The van der Waals surface area contributed by atoms with Gasteiger partial charge in [-0.25, -0.2) is 14.5 Å². The molecule has 3 heterocycles. The number of hydrogen-bond donors (Lipinski definition) is 0. The SMILES string of the molecule is CCc1nn2cc(-c3csc(C)n3)nc2s1. The van der Waals surface area contributed by atoms with E-state index < -0.39 is 0 Å². The minimum Gasteiger partial charge on any atom is -0.240 e. The maximum absolute atomic E-state index is 4.53. The summed E-state index contributed by atoms with van der Waals surface area (Å²) in [5.74, 6) is 0. The topological polar surface area (TPSA) is 43.1 Å². The average molecular weight is 250 g/mol. The van der Waals surface area contributed by atoms with Gasteiger partial charge in [0.15, 0.2) is 0 Å². The molecule has 3 aromatic heterocycles. The first-order chi connectivity index (χ1) is 7.76. The molecule has 0 saturated carbocycles. The Kier molecular flexibility index (Phi) is 2.26. The molecule has 3 rings (SSSR count). The molecular formula is C10H10N4S2. The molecule has 0 aliphatic carbocycles. The van der Waals surface area contributed by atoms with Crippen molar-refractivity contribution in [3.05, 3.63) is 21.6 Å². The van der Waals surface area contributed by atoms with E-state index in [0.29, 0.717) is 0 Å². The second kappa shape index (κ2) is 3.64. The number of rotatable bonds is 2. The maximum atomic E-state index is 4.53. The first kappa shape index (κ1) is 9.92. The molecule has 0 N–H and O–H groups in total. The van der Waals surface area contributed by atoms with Gasteiger partial charge in [-0.1, -0.05) is 18.3 Å². The predicted molar refractivity (Wildman–Crippen MR) is 66.1 cm³/mol. The Labute approximate surface area is 101 Å². The summed E-state index contributed by atoms with van der Waals surface area (Å²) < 4.78 is 1.84. The summed E-state index contributed by atoms with van der Waals surface area (Å²) in [5, 5.41) is 8.64. The monoisotopic (exact) mass is 250 g/mol. The fourth-order valence-corrected chi connectivity index (χ4v) is 2.91. The smallest absolute Gasteiger partial charge is 0.212 e. The lowest BCUT2D eigenvalue weighted by Gasteiger charge is -1.86. The van der Waals surface area contributed by atoms with Crippen LogP contribution in [-0.2, 0) is 6.42 Å². The van der Waals surface area contributed by atoms with E-state index in [9.17, 15) is 0 Å². The van der Waals surface area contributed by atoms with Crippen LogP contribution in [0.3, 0.4) is 0 Å². The molecule has 4 nitrogen and oxygen atoms in total. The zero-order chi connectivity index (χ0) is 11.1. The van der Waals surface area contributed by atoms with Crippen LogP contribution < -0.4 is 0 Å². The van der Waals surface area contributed by atoms with Crippen LogP contribution in [0.2, 0.25) is 0 Å². The van der Waals surface area contributed by atoms with Crippen LogP contribution in [0.1, 0.15) is 16.9 Å². The fraction of sp³-hybridized carbons (Fsp3) is 0.300. The van der Waals surface area contributed by atoms with Crippen LogP contribution in [0.4, 0.5) is 0 Å². The highest BCUT2D eigenvalue weighted by molar-refractivity contribution is 7.16. The summed E-state index contributed by atoms with van der Waals surface area (Å²) in [7, 11) is 0. The van der Waals surface area contributed by atoms with E-state index in [2.05, 4.69) is 22.0 Å². The van der Waals surface area contributed by atoms with Crippen molar-refractivity contribution in [1.82, 2.24) is 19.6 Å². The number of thiazole rings is 1. The minimum absolute atomic E-state index is 0.908. The number of fused-ring (bicyclic) bond motifs is 1. The van der Waals surface area contributed by atoms with Crippen molar-refractivity contribution in [2.75, 3.05) is 0 Å². The lowest BCUT2D eigenvalue weighted by atomic mass is 10.4. The fourth-order valence-electron chi connectivity index (χ4n) is 1.49. The van der Waals surface area contributed by atoms with Gasteiger partial charge in [-0.15, -0.1) is 11.3 Å². The van der Waals surface area contributed by atoms with E-state index in [4.69, 9.17) is 0 Å². The first-order valence-corrected chi connectivity index (χ1v) is 6.73. The number of aryl methyl sites for hydroxylation is 2. The zero-order valence-electron chi connectivity index (χ0n) is 8.97. The first-order valence-electron chi connectivity index (χ1n) is 5.04. The second-order valence-corrected chi connectivity index (χ2v) is 5.56. The van der Waals surface area contributed by atoms with Crippen molar-refractivity contribution in [3.8, 4) is 11.4 Å². The van der Waals surface area contributed by atoms with Crippen LogP contribution in [0.15, 0.2) is 11.6 Å². The third-order valence-corrected chi connectivity index (χ3v) is 4.11. The van der Waals surface area contributed by atoms with Crippen molar-refractivity contribution in [2.24, 2.45) is 0 Å². The molecule has 0 aliphatic rings. The molecule has 16 heavy (non-hydrogen) atoms. The average Bonchev–Trinajstić information content (AvgIpc) is 2.89. The van der Waals surface area contributed by atoms with Crippen molar-refractivity contribution in [3.63, 3.8) is 0 Å². The summed E-state index contributed by atoms with van der Waals surface area (Å²) in [4.78, 5) is 9.89. The van der Waals surface area contributed by atoms with Crippen LogP contribution >= 0.6 is 22.7 Å². The second-order valence-electron chi connectivity index (χ2n) is 3.45. The molecule has 0 radical (unpaired) electrons. The van der Waals surface area contributed by atoms with Crippen LogP contribution in [-0.4, -0.2) is 19.6 Å². The molecule has 0 aliphatic heterocycles. The van der Waals surface area contributed by atoms with Gasteiger partial charge < -0.3 is 0 Å². The largest absolute Gasteiger partial charge is 0.240 e.